The normalized spacial score (nSPS) is 27.8. The second-order valence-electron chi connectivity index (χ2n) is 5.87. The molecule has 0 aromatic heterocycles. The molecular formula is C14H26N2O2. The Hall–Kier alpha value is -0.610. The van der Waals surface area contributed by atoms with Gasteiger partial charge in [-0.25, -0.2) is 0 Å². The van der Waals surface area contributed by atoms with Gasteiger partial charge in [-0.15, -0.1) is 0 Å². The van der Waals surface area contributed by atoms with Gasteiger partial charge in [0, 0.05) is 19.1 Å². The summed E-state index contributed by atoms with van der Waals surface area (Å²) in [5.41, 5.74) is 0. The van der Waals surface area contributed by atoms with E-state index in [1.807, 2.05) is 11.9 Å². The monoisotopic (exact) mass is 254 g/mol. The van der Waals surface area contributed by atoms with Crippen LogP contribution in [-0.2, 0) is 4.79 Å². The number of carbonyl (C=O) groups excluding carboxylic acids is 1. The standard InChI is InChI=1S/C14H26N2O2/c1-3-16(12-7-8-12)14(18)10-15(2)9-11-5-4-6-13(11)17/h11-13,17H,3-10H2,1-2H3. The molecular weight excluding hydrogens is 228 g/mol. The molecule has 4 heteroatoms. The first-order valence-corrected chi connectivity index (χ1v) is 7.28. The predicted molar refractivity (Wildman–Crippen MR) is 71.3 cm³/mol. The number of carbonyl (C=O) groups is 1. The Morgan fingerprint density at radius 3 is 2.50 bits per heavy atom. The van der Waals surface area contributed by atoms with Gasteiger partial charge in [-0.3, -0.25) is 9.69 Å². The van der Waals surface area contributed by atoms with E-state index in [9.17, 15) is 9.90 Å². The van der Waals surface area contributed by atoms with E-state index >= 15 is 0 Å². The minimum atomic E-state index is -0.159. The van der Waals surface area contributed by atoms with E-state index in [-0.39, 0.29) is 12.0 Å². The fourth-order valence-corrected chi connectivity index (χ4v) is 3.04. The molecule has 1 N–H and O–H groups in total. The lowest BCUT2D eigenvalue weighted by Crippen LogP contribution is -2.42. The lowest BCUT2D eigenvalue weighted by molar-refractivity contribution is -0.132. The van der Waals surface area contributed by atoms with Crippen molar-refractivity contribution in [2.45, 2.75) is 51.2 Å². The van der Waals surface area contributed by atoms with E-state index in [0.29, 0.717) is 18.5 Å². The van der Waals surface area contributed by atoms with Crippen LogP contribution in [0, 0.1) is 5.92 Å². The molecule has 1 amide bonds. The van der Waals surface area contributed by atoms with Gasteiger partial charge >= 0.3 is 0 Å². The Balaban J connectivity index is 1.75. The molecule has 104 valence electrons. The zero-order valence-corrected chi connectivity index (χ0v) is 11.6. The number of aliphatic hydroxyl groups excluding tert-OH is 1. The van der Waals surface area contributed by atoms with Gasteiger partial charge in [0.25, 0.3) is 0 Å². The number of rotatable bonds is 6. The van der Waals surface area contributed by atoms with Crippen LogP contribution in [0.15, 0.2) is 0 Å². The van der Waals surface area contributed by atoms with Crippen LogP contribution in [0.4, 0.5) is 0 Å². The second-order valence-corrected chi connectivity index (χ2v) is 5.87. The van der Waals surface area contributed by atoms with Crippen molar-refractivity contribution in [1.82, 2.24) is 9.80 Å². The van der Waals surface area contributed by atoms with Gasteiger partial charge in [0.15, 0.2) is 0 Å². The summed E-state index contributed by atoms with van der Waals surface area (Å²) >= 11 is 0. The Morgan fingerprint density at radius 1 is 1.28 bits per heavy atom. The Bertz CT molecular complexity index is 292. The van der Waals surface area contributed by atoms with Crippen LogP contribution in [0.5, 0.6) is 0 Å². The fourth-order valence-electron chi connectivity index (χ4n) is 3.04. The molecule has 0 heterocycles. The van der Waals surface area contributed by atoms with Crippen molar-refractivity contribution in [2.75, 3.05) is 26.7 Å². The van der Waals surface area contributed by atoms with Gasteiger partial charge in [0.1, 0.15) is 0 Å². The lowest BCUT2D eigenvalue weighted by Gasteiger charge is -2.26. The molecule has 18 heavy (non-hydrogen) atoms. The summed E-state index contributed by atoms with van der Waals surface area (Å²) in [6.07, 6.45) is 5.33. The summed E-state index contributed by atoms with van der Waals surface area (Å²) in [5, 5.41) is 9.80. The van der Waals surface area contributed by atoms with Crippen molar-refractivity contribution in [3.05, 3.63) is 0 Å². The third kappa shape index (κ3) is 3.45. The third-order valence-electron chi connectivity index (χ3n) is 4.22. The van der Waals surface area contributed by atoms with E-state index in [1.54, 1.807) is 0 Å². The summed E-state index contributed by atoms with van der Waals surface area (Å²) in [6, 6.07) is 0.507. The first-order chi connectivity index (χ1) is 8.61. The first kappa shape index (κ1) is 13.8. The van der Waals surface area contributed by atoms with Crippen LogP contribution in [0.3, 0.4) is 0 Å². The zero-order valence-electron chi connectivity index (χ0n) is 11.6. The average molecular weight is 254 g/mol. The molecule has 0 aromatic rings. The number of hydrogen-bond acceptors (Lipinski definition) is 3. The highest BCUT2D eigenvalue weighted by Crippen LogP contribution is 2.27. The average Bonchev–Trinajstić information content (AvgIpc) is 3.06. The molecule has 0 spiro atoms. The lowest BCUT2D eigenvalue weighted by atomic mass is 10.1. The molecule has 4 nitrogen and oxygen atoms in total. The Morgan fingerprint density at radius 2 is 2.00 bits per heavy atom. The fraction of sp³-hybridized carbons (Fsp3) is 0.929. The Labute approximate surface area is 110 Å². The third-order valence-corrected chi connectivity index (χ3v) is 4.22. The molecule has 2 fully saturated rings. The first-order valence-electron chi connectivity index (χ1n) is 7.28. The summed E-state index contributed by atoms with van der Waals surface area (Å²) in [7, 11) is 1.99. The number of aliphatic hydroxyl groups is 1. The van der Waals surface area contributed by atoms with Gasteiger partial charge in [-0.05, 0) is 45.6 Å². The van der Waals surface area contributed by atoms with E-state index < -0.39 is 0 Å². The van der Waals surface area contributed by atoms with E-state index in [4.69, 9.17) is 0 Å². The van der Waals surface area contributed by atoms with Gasteiger partial charge < -0.3 is 10.0 Å². The molecule has 2 aliphatic rings. The highest BCUT2D eigenvalue weighted by molar-refractivity contribution is 5.78. The van der Waals surface area contributed by atoms with E-state index in [1.165, 1.54) is 12.8 Å². The van der Waals surface area contributed by atoms with Crippen molar-refractivity contribution in [3.63, 3.8) is 0 Å². The highest BCUT2D eigenvalue weighted by atomic mass is 16.3. The number of hydrogen-bond donors (Lipinski definition) is 1. The van der Waals surface area contributed by atoms with Crippen molar-refractivity contribution in [1.29, 1.82) is 0 Å². The van der Waals surface area contributed by atoms with Crippen molar-refractivity contribution < 1.29 is 9.90 Å². The second kappa shape index (κ2) is 6.02. The van der Waals surface area contributed by atoms with Crippen molar-refractivity contribution in [2.24, 2.45) is 5.92 Å². The maximum Gasteiger partial charge on any atom is 0.236 e. The molecule has 0 aliphatic heterocycles. The largest absolute Gasteiger partial charge is 0.393 e. The minimum absolute atomic E-state index is 0.159. The van der Waals surface area contributed by atoms with Gasteiger partial charge in [-0.2, -0.15) is 0 Å². The van der Waals surface area contributed by atoms with Crippen molar-refractivity contribution in [3.8, 4) is 0 Å². The topological polar surface area (TPSA) is 43.8 Å². The molecule has 2 saturated carbocycles. The summed E-state index contributed by atoms with van der Waals surface area (Å²) in [4.78, 5) is 16.2. The van der Waals surface area contributed by atoms with Gasteiger partial charge in [0.2, 0.25) is 5.91 Å². The van der Waals surface area contributed by atoms with Crippen LogP contribution in [0.25, 0.3) is 0 Å². The zero-order chi connectivity index (χ0) is 13.1. The van der Waals surface area contributed by atoms with Crippen LogP contribution in [-0.4, -0.2) is 59.6 Å². The number of likely N-dealkylation sites (N-methyl/N-ethyl adjacent to an activating group) is 2. The smallest absolute Gasteiger partial charge is 0.236 e. The molecule has 2 aliphatic carbocycles. The molecule has 0 saturated heterocycles. The molecule has 2 atom stereocenters. The summed E-state index contributed by atoms with van der Waals surface area (Å²) in [6.45, 7) is 4.21. The molecule has 2 rings (SSSR count). The molecule has 0 radical (unpaired) electrons. The maximum atomic E-state index is 12.1. The SMILES string of the molecule is CCN(C(=O)CN(C)CC1CCCC1O)C1CC1. The van der Waals surface area contributed by atoms with Crippen LogP contribution in [0.1, 0.15) is 39.0 Å². The quantitative estimate of drug-likeness (QED) is 0.771. The van der Waals surface area contributed by atoms with Crippen molar-refractivity contribution >= 4 is 5.91 Å². The Kier molecular flexibility index (Phi) is 4.62. The van der Waals surface area contributed by atoms with Crippen LogP contribution >= 0.6 is 0 Å². The minimum Gasteiger partial charge on any atom is -0.393 e. The summed E-state index contributed by atoms with van der Waals surface area (Å²) < 4.78 is 0. The number of nitrogens with zero attached hydrogens (tertiary/aromatic N) is 2. The highest BCUT2D eigenvalue weighted by Gasteiger charge is 2.32. The predicted octanol–water partition coefficient (Wildman–Crippen LogP) is 1.09. The maximum absolute atomic E-state index is 12.1. The van der Waals surface area contributed by atoms with Crippen LogP contribution in [0.2, 0.25) is 0 Å². The van der Waals surface area contributed by atoms with Crippen LogP contribution < -0.4 is 0 Å². The number of amides is 1. The van der Waals surface area contributed by atoms with Gasteiger partial charge in [-0.1, -0.05) is 6.42 Å². The molecule has 2 unspecified atom stereocenters. The molecule has 0 aromatic carbocycles. The molecule has 0 bridgehead atoms. The van der Waals surface area contributed by atoms with E-state index in [0.717, 1.165) is 32.4 Å². The summed E-state index contributed by atoms with van der Waals surface area (Å²) in [5.74, 6) is 0.605. The van der Waals surface area contributed by atoms with Gasteiger partial charge in [0.05, 0.1) is 12.6 Å². The van der Waals surface area contributed by atoms with E-state index in [2.05, 4.69) is 11.8 Å².